The van der Waals surface area contributed by atoms with Crippen LogP contribution in [0.15, 0.2) is 24.3 Å². The van der Waals surface area contributed by atoms with Crippen molar-refractivity contribution >= 4 is 5.91 Å². The first-order valence-electron chi connectivity index (χ1n) is 7.84. The van der Waals surface area contributed by atoms with Crippen LogP contribution in [0.25, 0.3) is 0 Å². The van der Waals surface area contributed by atoms with Crippen molar-refractivity contribution in [1.82, 2.24) is 9.80 Å². The molecule has 0 radical (unpaired) electrons. The molecular weight excluding hydrogens is 325 g/mol. The molecule has 2 fully saturated rings. The smallest absolute Gasteiger partial charge is 0.406 e. The number of morpholine rings is 1. The van der Waals surface area contributed by atoms with Crippen molar-refractivity contribution in [2.75, 3.05) is 39.4 Å². The van der Waals surface area contributed by atoms with Crippen LogP contribution in [0.5, 0.6) is 5.75 Å². The SMILES string of the molecule is O=C(C1CN(Cc2ccc(OC(F)(F)F)cc2)C1)N1CCOCC1. The van der Waals surface area contributed by atoms with Crippen LogP contribution < -0.4 is 4.74 Å². The molecular formula is C16H19F3N2O3. The van der Waals surface area contributed by atoms with E-state index in [4.69, 9.17) is 4.74 Å². The summed E-state index contributed by atoms with van der Waals surface area (Å²) in [6, 6.07) is 5.83. The van der Waals surface area contributed by atoms with E-state index >= 15 is 0 Å². The Hall–Kier alpha value is -1.80. The van der Waals surface area contributed by atoms with Crippen LogP contribution in [0.3, 0.4) is 0 Å². The lowest BCUT2D eigenvalue weighted by atomic mass is 9.97. The van der Waals surface area contributed by atoms with Gasteiger partial charge in [-0.1, -0.05) is 12.1 Å². The lowest BCUT2D eigenvalue weighted by Gasteiger charge is -2.41. The van der Waals surface area contributed by atoms with E-state index < -0.39 is 6.36 Å². The molecule has 8 heteroatoms. The number of benzene rings is 1. The number of carbonyl (C=O) groups is 1. The standard InChI is InChI=1S/C16H19F3N2O3/c17-16(18,19)24-14-3-1-12(2-4-14)9-20-10-13(11-20)15(22)21-5-7-23-8-6-21/h1-4,13H,5-11H2. The average molecular weight is 344 g/mol. The molecule has 0 bridgehead atoms. The van der Waals surface area contributed by atoms with E-state index in [1.807, 2.05) is 4.90 Å². The first-order valence-corrected chi connectivity index (χ1v) is 7.84. The topological polar surface area (TPSA) is 42.0 Å². The van der Waals surface area contributed by atoms with Crippen molar-refractivity contribution in [3.05, 3.63) is 29.8 Å². The molecule has 0 aromatic heterocycles. The van der Waals surface area contributed by atoms with E-state index in [2.05, 4.69) is 9.64 Å². The molecule has 5 nitrogen and oxygen atoms in total. The summed E-state index contributed by atoms with van der Waals surface area (Å²) in [5.74, 6) is -0.0466. The van der Waals surface area contributed by atoms with Gasteiger partial charge in [0.15, 0.2) is 0 Å². The zero-order valence-electron chi connectivity index (χ0n) is 13.1. The van der Waals surface area contributed by atoms with Gasteiger partial charge in [0.05, 0.1) is 19.1 Å². The monoisotopic (exact) mass is 344 g/mol. The van der Waals surface area contributed by atoms with Crippen molar-refractivity contribution in [3.63, 3.8) is 0 Å². The Bertz CT molecular complexity index is 565. The number of rotatable bonds is 4. The molecule has 2 aliphatic heterocycles. The third-order valence-electron chi connectivity index (χ3n) is 4.19. The van der Waals surface area contributed by atoms with Gasteiger partial charge in [-0.2, -0.15) is 0 Å². The Labute approximate surface area is 137 Å². The third kappa shape index (κ3) is 4.39. The summed E-state index contributed by atoms with van der Waals surface area (Å²) in [4.78, 5) is 16.2. The average Bonchev–Trinajstić information content (AvgIpc) is 2.51. The first-order chi connectivity index (χ1) is 11.4. The highest BCUT2D eigenvalue weighted by Crippen LogP contribution is 2.25. The number of nitrogens with zero attached hydrogens (tertiary/aromatic N) is 2. The summed E-state index contributed by atoms with van der Waals surface area (Å²) >= 11 is 0. The van der Waals surface area contributed by atoms with Crippen LogP contribution in [0, 0.1) is 5.92 Å². The lowest BCUT2D eigenvalue weighted by Crippen LogP contribution is -2.55. The van der Waals surface area contributed by atoms with E-state index in [-0.39, 0.29) is 17.6 Å². The second-order valence-electron chi connectivity index (χ2n) is 6.02. The molecule has 2 saturated heterocycles. The van der Waals surface area contributed by atoms with Crippen LogP contribution in [0.2, 0.25) is 0 Å². The normalized spacial score (nSPS) is 19.9. The highest BCUT2D eigenvalue weighted by Gasteiger charge is 2.35. The summed E-state index contributed by atoms with van der Waals surface area (Å²) in [6.07, 6.45) is -4.67. The van der Waals surface area contributed by atoms with Crippen molar-refractivity contribution < 1.29 is 27.4 Å². The Morgan fingerprint density at radius 1 is 1.17 bits per heavy atom. The van der Waals surface area contributed by atoms with Crippen molar-refractivity contribution in [2.45, 2.75) is 12.9 Å². The minimum atomic E-state index is -4.67. The number of hydrogen-bond donors (Lipinski definition) is 0. The fourth-order valence-electron chi connectivity index (χ4n) is 2.95. The molecule has 3 rings (SSSR count). The molecule has 0 spiro atoms. The fourth-order valence-corrected chi connectivity index (χ4v) is 2.95. The second kappa shape index (κ2) is 6.98. The number of likely N-dealkylation sites (tertiary alicyclic amines) is 1. The Morgan fingerprint density at radius 2 is 1.79 bits per heavy atom. The van der Waals surface area contributed by atoms with Gasteiger partial charge >= 0.3 is 6.36 Å². The van der Waals surface area contributed by atoms with Gasteiger partial charge in [-0.25, -0.2) is 0 Å². The van der Waals surface area contributed by atoms with Crippen LogP contribution in [0.1, 0.15) is 5.56 Å². The van der Waals surface area contributed by atoms with Crippen LogP contribution >= 0.6 is 0 Å². The molecule has 2 aliphatic rings. The highest BCUT2D eigenvalue weighted by atomic mass is 19.4. The van der Waals surface area contributed by atoms with E-state index in [0.29, 0.717) is 45.9 Å². The van der Waals surface area contributed by atoms with Gasteiger partial charge in [0.1, 0.15) is 5.75 Å². The maximum atomic E-state index is 12.3. The minimum absolute atomic E-state index is 0.0101. The Balaban J connectivity index is 1.44. The largest absolute Gasteiger partial charge is 0.573 e. The molecule has 0 atom stereocenters. The number of halogens is 3. The zero-order chi connectivity index (χ0) is 17.2. The molecule has 24 heavy (non-hydrogen) atoms. The molecule has 0 aliphatic carbocycles. The molecule has 0 N–H and O–H groups in total. The van der Waals surface area contributed by atoms with Gasteiger partial charge in [-0.05, 0) is 17.7 Å². The molecule has 1 aromatic carbocycles. The van der Waals surface area contributed by atoms with Crippen LogP contribution in [-0.4, -0.2) is 61.5 Å². The van der Waals surface area contributed by atoms with E-state index in [1.165, 1.54) is 12.1 Å². The minimum Gasteiger partial charge on any atom is -0.406 e. The van der Waals surface area contributed by atoms with Gasteiger partial charge in [0.2, 0.25) is 5.91 Å². The van der Waals surface area contributed by atoms with Gasteiger partial charge in [-0.15, -0.1) is 13.2 Å². The summed E-state index contributed by atoms with van der Waals surface area (Å²) in [6.45, 7) is 4.45. The predicted molar refractivity (Wildman–Crippen MR) is 79.3 cm³/mol. The van der Waals surface area contributed by atoms with E-state index in [9.17, 15) is 18.0 Å². The fraction of sp³-hybridized carbons (Fsp3) is 0.562. The van der Waals surface area contributed by atoms with E-state index in [1.54, 1.807) is 12.1 Å². The number of hydrogen-bond acceptors (Lipinski definition) is 4. The Kier molecular flexibility index (Phi) is 4.96. The third-order valence-corrected chi connectivity index (χ3v) is 4.19. The maximum absolute atomic E-state index is 12.3. The van der Waals surface area contributed by atoms with Gasteiger partial charge < -0.3 is 14.4 Å². The zero-order valence-corrected chi connectivity index (χ0v) is 13.1. The second-order valence-corrected chi connectivity index (χ2v) is 6.02. The molecule has 132 valence electrons. The molecule has 1 amide bonds. The predicted octanol–water partition coefficient (Wildman–Crippen LogP) is 1.88. The number of alkyl halides is 3. The summed E-state index contributed by atoms with van der Waals surface area (Å²) < 4.78 is 45.4. The molecule has 1 aromatic rings. The summed E-state index contributed by atoms with van der Waals surface area (Å²) in [7, 11) is 0. The van der Waals surface area contributed by atoms with Crippen LogP contribution in [0.4, 0.5) is 13.2 Å². The summed E-state index contributed by atoms with van der Waals surface area (Å²) in [5, 5.41) is 0. The molecule has 2 heterocycles. The highest BCUT2D eigenvalue weighted by molar-refractivity contribution is 5.80. The van der Waals surface area contributed by atoms with Crippen molar-refractivity contribution in [1.29, 1.82) is 0 Å². The quantitative estimate of drug-likeness (QED) is 0.836. The molecule has 0 saturated carbocycles. The van der Waals surface area contributed by atoms with Crippen molar-refractivity contribution in [3.8, 4) is 5.75 Å². The first kappa shape index (κ1) is 17.0. The number of amides is 1. The number of carbonyl (C=O) groups excluding carboxylic acids is 1. The Morgan fingerprint density at radius 3 is 2.38 bits per heavy atom. The van der Waals surface area contributed by atoms with E-state index in [0.717, 1.165) is 5.56 Å². The van der Waals surface area contributed by atoms with Gasteiger partial charge in [0, 0.05) is 32.7 Å². The van der Waals surface area contributed by atoms with Crippen LogP contribution in [-0.2, 0) is 16.1 Å². The summed E-state index contributed by atoms with van der Waals surface area (Å²) in [5.41, 5.74) is 0.891. The maximum Gasteiger partial charge on any atom is 0.573 e. The van der Waals surface area contributed by atoms with Gasteiger partial charge in [0.25, 0.3) is 0 Å². The van der Waals surface area contributed by atoms with Gasteiger partial charge in [-0.3, -0.25) is 9.69 Å². The van der Waals surface area contributed by atoms with Crippen molar-refractivity contribution in [2.24, 2.45) is 5.92 Å². The number of ether oxygens (including phenoxy) is 2. The lowest BCUT2D eigenvalue weighted by molar-refractivity contribution is -0.274. The molecule has 0 unspecified atom stereocenters.